The molecular formula is C18H20N2O3S. The summed E-state index contributed by atoms with van der Waals surface area (Å²) >= 11 is 5.20. The van der Waals surface area contributed by atoms with Crippen LogP contribution in [0.25, 0.3) is 0 Å². The maximum atomic E-state index is 12.3. The van der Waals surface area contributed by atoms with Gasteiger partial charge in [-0.25, -0.2) is 0 Å². The lowest BCUT2D eigenvalue weighted by Crippen LogP contribution is -2.34. The van der Waals surface area contributed by atoms with Crippen molar-refractivity contribution >= 4 is 28.9 Å². The summed E-state index contributed by atoms with van der Waals surface area (Å²) in [5.41, 5.74) is 1.15. The van der Waals surface area contributed by atoms with Crippen molar-refractivity contribution in [2.45, 2.75) is 20.0 Å². The fraction of sp³-hybridized carbons (Fsp3) is 0.222. The molecule has 0 aliphatic rings. The van der Waals surface area contributed by atoms with Gasteiger partial charge in [-0.05, 0) is 50.3 Å². The number of hydrogen-bond acceptors (Lipinski definition) is 4. The summed E-state index contributed by atoms with van der Waals surface area (Å²) in [5, 5.41) is 5.81. The van der Waals surface area contributed by atoms with E-state index in [4.69, 9.17) is 21.7 Å². The van der Waals surface area contributed by atoms with E-state index in [0.717, 1.165) is 11.4 Å². The Morgan fingerprint density at radius 3 is 2.58 bits per heavy atom. The monoisotopic (exact) mass is 344 g/mol. The summed E-state index contributed by atoms with van der Waals surface area (Å²) in [7, 11) is 1.52. The van der Waals surface area contributed by atoms with Crippen molar-refractivity contribution < 1.29 is 14.3 Å². The zero-order chi connectivity index (χ0) is 17.5. The Morgan fingerprint density at radius 2 is 1.88 bits per heavy atom. The number of benzene rings is 2. The minimum absolute atomic E-state index is 0.0810. The highest BCUT2D eigenvalue weighted by Crippen LogP contribution is 2.19. The molecule has 0 atom stereocenters. The first kappa shape index (κ1) is 17.7. The first-order valence-electron chi connectivity index (χ1n) is 7.51. The molecule has 0 aliphatic carbocycles. The first-order valence-corrected chi connectivity index (χ1v) is 7.92. The molecule has 0 bridgehead atoms. The van der Waals surface area contributed by atoms with Crippen molar-refractivity contribution in [3.05, 3.63) is 54.1 Å². The fourth-order valence-electron chi connectivity index (χ4n) is 2.08. The number of carbonyl (C=O) groups is 1. The number of nitrogens with one attached hydrogen (secondary N) is 2. The zero-order valence-corrected chi connectivity index (χ0v) is 14.6. The van der Waals surface area contributed by atoms with Crippen LogP contribution in [-0.4, -0.2) is 24.2 Å². The predicted molar refractivity (Wildman–Crippen MR) is 98.9 cm³/mol. The van der Waals surface area contributed by atoms with Gasteiger partial charge in [-0.3, -0.25) is 10.1 Å². The molecular weight excluding hydrogens is 324 g/mol. The van der Waals surface area contributed by atoms with Crippen molar-refractivity contribution in [2.24, 2.45) is 0 Å². The molecule has 6 heteroatoms. The molecule has 0 heterocycles. The fourth-order valence-corrected chi connectivity index (χ4v) is 2.29. The highest BCUT2D eigenvalue weighted by atomic mass is 32.1. The number of thiocarbonyl (C=S) groups is 1. The third kappa shape index (κ3) is 4.96. The highest BCUT2D eigenvalue weighted by Gasteiger charge is 2.13. The summed E-state index contributed by atoms with van der Waals surface area (Å²) < 4.78 is 10.8. The molecule has 2 aromatic carbocycles. The van der Waals surface area contributed by atoms with Crippen LogP contribution in [0.4, 0.5) is 5.69 Å². The number of ether oxygens (including phenoxy) is 2. The van der Waals surface area contributed by atoms with Gasteiger partial charge in [0.2, 0.25) is 0 Å². The first-order chi connectivity index (χ1) is 11.5. The Kier molecular flexibility index (Phi) is 6.14. The Bertz CT molecular complexity index is 732. The molecule has 24 heavy (non-hydrogen) atoms. The Morgan fingerprint density at radius 1 is 1.12 bits per heavy atom. The van der Waals surface area contributed by atoms with E-state index in [1.807, 2.05) is 38.1 Å². The molecule has 0 fully saturated rings. The van der Waals surface area contributed by atoms with E-state index in [1.54, 1.807) is 24.3 Å². The third-order valence-electron chi connectivity index (χ3n) is 3.04. The number of para-hydroxylation sites is 1. The molecule has 2 aromatic rings. The van der Waals surface area contributed by atoms with Gasteiger partial charge in [-0.2, -0.15) is 0 Å². The van der Waals surface area contributed by atoms with Crippen molar-refractivity contribution in [1.82, 2.24) is 5.32 Å². The van der Waals surface area contributed by atoms with Crippen LogP contribution in [-0.2, 0) is 0 Å². The van der Waals surface area contributed by atoms with Crippen LogP contribution in [0.15, 0.2) is 48.5 Å². The summed E-state index contributed by atoms with van der Waals surface area (Å²) in [6.45, 7) is 3.91. The van der Waals surface area contributed by atoms with Gasteiger partial charge >= 0.3 is 0 Å². The van der Waals surface area contributed by atoms with Crippen molar-refractivity contribution in [1.29, 1.82) is 0 Å². The van der Waals surface area contributed by atoms with E-state index in [2.05, 4.69) is 10.6 Å². The van der Waals surface area contributed by atoms with Crippen molar-refractivity contribution in [3.63, 3.8) is 0 Å². The zero-order valence-electron chi connectivity index (χ0n) is 13.8. The minimum Gasteiger partial charge on any atom is -0.496 e. The third-order valence-corrected chi connectivity index (χ3v) is 3.25. The summed E-state index contributed by atoms with van der Waals surface area (Å²) in [5.74, 6) is 0.888. The van der Waals surface area contributed by atoms with Gasteiger partial charge in [0.1, 0.15) is 11.5 Å². The van der Waals surface area contributed by atoms with E-state index in [9.17, 15) is 4.79 Å². The quantitative estimate of drug-likeness (QED) is 0.812. The van der Waals surface area contributed by atoms with Crippen LogP contribution in [0.1, 0.15) is 24.2 Å². The molecule has 1 amide bonds. The molecule has 0 unspecified atom stereocenters. The van der Waals surface area contributed by atoms with Crippen LogP contribution in [0, 0.1) is 0 Å². The maximum absolute atomic E-state index is 12.3. The Balaban J connectivity index is 2.01. The highest BCUT2D eigenvalue weighted by molar-refractivity contribution is 7.80. The molecule has 0 saturated heterocycles. The maximum Gasteiger partial charge on any atom is 0.261 e. The SMILES string of the molecule is COc1ccccc1C(=O)NC(=S)Nc1cccc(OC(C)C)c1. The van der Waals surface area contributed by atoms with Crippen LogP contribution in [0.5, 0.6) is 11.5 Å². The van der Waals surface area contributed by atoms with Crippen molar-refractivity contribution in [3.8, 4) is 11.5 Å². The van der Waals surface area contributed by atoms with Crippen LogP contribution < -0.4 is 20.1 Å². The number of methoxy groups -OCH3 is 1. The largest absolute Gasteiger partial charge is 0.496 e. The van der Waals surface area contributed by atoms with Crippen LogP contribution >= 0.6 is 12.2 Å². The molecule has 0 spiro atoms. The van der Waals surface area contributed by atoms with E-state index in [-0.39, 0.29) is 17.1 Å². The molecule has 2 N–H and O–H groups in total. The lowest BCUT2D eigenvalue weighted by Gasteiger charge is -2.13. The van der Waals surface area contributed by atoms with Gasteiger partial charge < -0.3 is 14.8 Å². The van der Waals surface area contributed by atoms with Crippen molar-refractivity contribution in [2.75, 3.05) is 12.4 Å². The van der Waals surface area contributed by atoms with Gasteiger partial charge in [0.15, 0.2) is 5.11 Å². The standard InChI is InChI=1S/C18H20N2O3S/c1-12(2)23-14-8-6-7-13(11-14)19-18(24)20-17(21)15-9-4-5-10-16(15)22-3/h4-12H,1-3H3,(H2,19,20,21,24). The molecule has 0 aromatic heterocycles. The van der Waals surface area contributed by atoms with Crippen LogP contribution in [0.2, 0.25) is 0 Å². The summed E-state index contributed by atoms with van der Waals surface area (Å²) in [6, 6.07) is 14.3. The topological polar surface area (TPSA) is 59.6 Å². The smallest absolute Gasteiger partial charge is 0.261 e. The van der Waals surface area contributed by atoms with E-state index in [0.29, 0.717) is 11.3 Å². The normalized spacial score (nSPS) is 10.2. The summed E-state index contributed by atoms with van der Waals surface area (Å²) in [6.07, 6.45) is 0.0810. The Hall–Kier alpha value is -2.60. The molecule has 0 radical (unpaired) electrons. The average Bonchev–Trinajstić information content (AvgIpc) is 2.54. The number of anilines is 1. The average molecular weight is 344 g/mol. The van der Waals surface area contributed by atoms with Gasteiger partial charge in [0, 0.05) is 11.8 Å². The number of amides is 1. The number of rotatable bonds is 5. The minimum atomic E-state index is -0.334. The predicted octanol–water partition coefficient (Wildman–Crippen LogP) is 3.61. The van der Waals surface area contributed by atoms with Gasteiger partial charge in [0.05, 0.1) is 18.8 Å². The molecule has 0 aliphatic heterocycles. The van der Waals surface area contributed by atoms with E-state index >= 15 is 0 Å². The number of hydrogen-bond donors (Lipinski definition) is 2. The molecule has 2 rings (SSSR count). The lowest BCUT2D eigenvalue weighted by atomic mass is 10.2. The Labute approximate surface area is 147 Å². The van der Waals surface area contributed by atoms with Gasteiger partial charge in [-0.1, -0.05) is 18.2 Å². The lowest BCUT2D eigenvalue weighted by molar-refractivity contribution is 0.0975. The van der Waals surface area contributed by atoms with Crippen LogP contribution in [0.3, 0.4) is 0 Å². The molecule has 126 valence electrons. The second-order valence-electron chi connectivity index (χ2n) is 5.30. The summed E-state index contributed by atoms with van der Waals surface area (Å²) in [4.78, 5) is 12.3. The van der Waals surface area contributed by atoms with E-state index in [1.165, 1.54) is 7.11 Å². The molecule has 0 saturated carbocycles. The van der Waals surface area contributed by atoms with Gasteiger partial charge in [0.25, 0.3) is 5.91 Å². The van der Waals surface area contributed by atoms with Gasteiger partial charge in [-0.15, -0.1) is 0 Å². The number of carbonyl (C=O) groups excluding carboxylic acids is 1. The molecule has 5 nitrogen and oxygen atoms in total. The van der Waals surface area contributed by atoms with E-state index < -0.39 is 0 Å². The second kappa shape index (κ2) is 8.31. The second-order valence-corrected chi connectivity index (χ2v) is 5.71.